The van der Waals surface area contributed by atoms with Gasteiger partial charge >= 0.3 is 5.97 Å². The molecule has 0 aliphatic rings. The summed E-state index contributed by atoms with van der Waals surface area (Å²) >= 11 is 0. The van der Waals surface area contributed by atoms with Crippen LogP contribution in [0.5, 0.6) is 0 Å². The lowest BCUT2D eigenvalue weighted by atomic mass is 10.1. The molecule has 1 rings (SSSR count). The van der Waals surface area contributed by atoms with Crippen LogP contribution in [0, 0.1) is 0 Å². The Morgan fingerprint density at radius 3 is 2.81 bits per heavy atom. The SMILES string of the molecule is COC(=O)c1cccc(/C=N/N=C(N)N)c1. The molecular formula is C10H12N4O2. The molecule has 0 unspecified atom stereocenters. The van der Waals surface area contributed by atoms with Crippen molar-refractivity contribution in [3.05, 3.63) is 35.4 Å². The molecule has 0 heterocycles. The first kappa shape index (κ1) is 11.7. The zero-order valence-electron chi connectivity index (χ0n) is 8.75. The van der Waals surface area contributed by atoms with E-state index in [2.05, 4.69) is 14.9 Å². The van der Waals surface area contributed by atoms with Gasteiger partial charge in [0.15, 0.2) is 0 Å². The first-order valence-corrected chi connectivity index (χ1v) is 4.44. The maximum absolute atomic E-state index is 11.2. The van der Waals surface area contributed by atoms with Gasteiger partial charge in [-0.05, 0) is 17.7 Å². The average molecular weight is 220 g/mol. The molecule has 0 saturated heterocycles. The Kier molecular flexibility index (Phi) is 4.02. The van der Waals surface area contributed by atoms with E-state index >= 15 is 0 Å². The maximum atomic E-state index is 11.2. The third-order valence-electron chi connectivity index (χ3n) is 1.69. The van der Waals surface area contributed by atoms with E-state index in [9.17, 15) is 4.79 Å². The standard InChI is InChI=1S/C10H12N4O2/c1-16-9(15)8-4-2-3-7(5-8)6-13-14-10(11)12/h2-6H,1H3,(H4,11,12,14)/b13-6+. The van der Waals surface area contributed by atoms with E-state index in [0.717, 1.165) is 0 Å². The van der Waals surface area contributed by atoms with Crippen molar-refractivity contribution < 1.29 is 9.53 Å². The molecule has 0 aliphatic heterocycles. The molecule has 0 saturated carbocycles. The van der Waals surface area contributed by atoms with Gasteiger partial charge in [0.1, 0.15) is 0 Å². The molecule has 6 heteroatoms. The highest BCUT2D eigenvalue weighted by molar-refractivity contribution is 5.92. The largest absolute Gasteiger partial charge is 0.465 e. The van der Waals surface area contributed by atoms with Crippen molar-refractivity contribution in [1.82, 2.24) is 0 Å². The number of esters is 1. The van der Waals surface area contributed by atoms with Crippen LogP contribution in [0.1, 0.15) is 15.9 Å². The number of rotatable bonds is 3. The van der Waals surface area contributed by atoms with Crippen molar-refractivity contribution in [3.8, 4) is 0 Å². The number of hydrogen-bond acceptors (Lipinski definition) is 4. The van der Waals surface area contributed by atoms with E-state index in [-0.39, 0.29) is 5.96 Å². The van der Waals surface area contributed by atoms with Gasteiger partial charge in [0.25, 0.3) is 0 Å². The van der Waals surface area contributed by atoms with Crippen LogP contribution in [-0.4, -0.2) is 25.3 Å². The summed E-state index contributed by atoms with van der Waals surface area (Å²) in [7, 11) is 1.32. The Labute approximate surface area is 92.6 Å². The molecule has 0 aliphatic carbocycles. The minimum absolute atomic E-state index is 0.125. The second-order valence-corrected chi connectivity index (χ2v) is 2.89. The number of methoxy groups -OCH3 is 1. The number of nitrogens with two attached hydrogens (primary N) is 2. The topological polar surface area (TPSA) is 103 Å². The number of benzene rings is 1. The fourth-order valence-electron chi connectivity index (χ4n) is 1.03. The summed E-state index contributed by atoms with van der Waals surface area (Å²) < 4.78 is 4.58. The van der Waals surface area contributed by atoms with Gasteiger partial charge in [-0.15, -0.1) is 5.10 Å². The summed E-state index contributed by atoms with van der Waals surface area (Å²) in [4.78, 5) is 11.2. The van der Waals surface area contributed by atoms with Crippen LogP contribution in [0.2, 0.25) is 0 Å². The summed E-state index contributed by atoms with van der Waals surface area (Å²) in [5.74, 6) is -0.530. The molecule has 0 spiro atoms. The Bertz CT molecular complexity index is 436. The highest BCUT2D eigenvalue weighted by Crippen LogP contribution is 2.04. The summed E-state index contributed by atoms with van der Waals surface area (Å²) in [6, 6.07) is 6.74. The van der Waals surface area contributed by atoms with E-state index in [4.69, 9.17) is 11.5 Å². The minimum atomic E-state index is -0.405. The molecule has 0 radical (unpaired) electrons. The van der Waals surface area contributed by atoms with E-state index in [0.29, 0.717) is 11.1 Å². The Balaban J connectivity index is 2.87. The molecule has 4 N–H and O–H groups in total. The molecule has 0 bridgehead atoms. The number of carbonyl (C=O) groups excluding carboxylic acids is 1. The number of carbonyl (C=O) groups is 1. The number of hydrogen-bond donors (Lipinski definition) is 2. The Morgan fingerprint density at radius 2 is 2.19 bits per heavy atom. The van der Waals surface area contributed by atoms with Gasteiger partial charge in [-0.25, -0.2) is 4.79 Å². The molecule has 1 aromatic carbocycles. The van der Waals surface area contributed by atoms with Gasteiger partial charge in [0, 0.05) is 0 Å². The van der Waals surface area contributed by atoms with Crippen molar-refractivity contribution in [2.75, 3.05) is 7.11 Å². The quantitative estimate of drug-likeness (QED) is 0.326. The molecule has 84 valence electrons. The smallest absolute Gasteiger partial charge is 0.337 e. The Hall–Kier alpha value is -2.37. The second kappa shape index (κ2) is 5.50. The predicted octanol–water partition coefficient (Wildman–Crippen LogP) is 0.0805. The highest BCUT2D eigenvalue weighted by atomic mass is 16.5. The predicted molar refractivity (Wildman–Crippen MR) is 61.2 cm³/mol. The van der Waals surface area contributed by atoms with E-state index in [1.54, 1.807) is 24.3 Å². The summed E-state index contributed by atoms with van der Waals surface area (Å²) in [6.45, 7) is 0. The van der Waals surface area contributed by atoms with Crippen LogP contribution in [0.25, 0.3) is 0 Å². The Morgan fingerprint density at radius 1 is 1.44 bits per heavy atom. The third kappa shape index (κ3) is 3.41. The van der Waals surface area contributed by atoms with Crippen molar-refractivity contribution in [1.29, 1.82) is 0 Å². The van der Waals surface area contributed by atoms with E-state index in [1.807, 2.05) is 0 Å². The number of ether oxygens (including phenoxy) is 1. The molecule has 6 nitrogen and oxygen atoms in total. The molecule has 1 aromatic rings. The maximum Gasteiger partial charge on any atom is 0.337 e. The average Bonchev–Trinajstić information content (AvgIpc) is 2.28. The summed E-state index contributed by atoms with van der Waals surface area (Å²) in [5, 5.41) is 7.07. The normalized spacial score (nSPS) is 10.1. The lowest BCUT2D eigenvalue weighted by Gasteiger charge is -1.99. The molecule has 0 atom stereocenters. The van der Waals surface area contributed by atoms with Gasteiger partial charge in [0.05, 0.1) is 18.9 Å². The monoisotopic (exact) mass is 220 g/mol. The zero-order chi connectivity index (χ0) is 12.0. The zero-order valence-corrected chi connectivity index (χ0v) is 8.75. The highest BCUT2D eigenvalue weighted by Gasteiger charge is 2.03. The number of guanidine groups is 1. The van der Waals surface area contributed by atoms with Crippen LogP contribution in [0.4, 0.5) is 0 Å². The van der Waals surface area contributed by atoms with E-state index < -0.39 is 5.97 Å². The first-order chi connectivity index (χ1) is 7.63. The van der Waals surface area contributed by atoms with Gasteiger partial charge in [-0.3, -0.25) is 0 Å². The second-order valence-electron chi connectivity index (χ2n) is 2.89. The van der Waals surface area contributed by atoms with Crippen LogP contribution in [-0.2, 0) is 4.74 Å². The van der Waals surface area contributed by atoms with Crippen LogP contribution < -0.4 is 11.5 Å². The minimum Gasteiger partial charge on any atom is -0.465 e. The molecular weight excluding hydrogens is 208 g/mol. The van der Waals surface area contributed by atoms with Gasteiger partial charge in [-0.1, -0.05) is 12.1 Å². The molecule has 0 aromatic heterocycles. The van der Waals surface area contributed by atoms with Crippen molar-refractivity contribution in [2.24, 2.45) is 21.7 Å². The van der Waals surface area contributed by atoms with Crippen LogP contribution in [0.3, 0.4) is 0 Å². The molecule has 0 amide bonds. The number of nitrogens with zero attached hydrogens (tertiary/aromatic N) is 2. The molecule has 0 fully saturated rings. The lowest BCUT2D eigenvalue weighted by molar-refractivity contribution is 0.0600. The fourth-order valence-corrected chi connectivity index (χ4v) is 1.03. The van der Waals surface area contributed by atoms with Gasteiger partial charge < -0.3 is 16.2 Å². The van der Waals surface area contributed by atoms with Crippen molar-refractivity contribution in [3.63, 3.8) is 0 Å². The lowest BCUT2D eigenvalue weighted by Crippen LogP contribution is -2.21. The van der Waals surface area contributed by atoms with Crippen LogP contribution in [0.15, 0.2) is 34.5 Å². The van der Waals surface area contributed by atoms with E-state index in [1.165, 1.54) is 13.3 Å². The van der Waals surface area contributed by atoms with Gasteiger partial charge in [-0.2, -0.15) is 5.10 Å². The van der Waals surface area contributed by atoms with Crippen LogP contribution >= 0.6 is 0 Å². The summed E-state index contributed by atoms with van der Waals surface area (Å²) in [5.41, 5.74) is 11.3. The fraction of sp³-hybridized carbons (Fsp3) is 0.100. The summed E-state index contributed by atoms with van der Waals surface area (Å²) in [6.07, 6.45) is 1.44. The first-order valence-electron chi connectivity index (χ1n) is 4.44. The van der Waals surface area contributed by atoms with Crippen molar-refractivity contribution in [2.45, 2.75) is 0 Å². The third-order valence-corrected chi connectivity index (χ3v) is 1.69. The van der Waals surface area contributed by atoms with Crippen molar-refractivity contribution >= 4 is 18.1 Å². The van der Waals surface area contributed by atoms with Gasteiger partial charge in [0.2, 0.25) is 5.96 Å². The molecule has 16 heavy (non-hydrogen) atoms.